The number of halogens is 6. The van der Waals surface area contributed by atoms with Gasteiger partial charge >= 0.3 is 6.18 Å². The van der Waals surface area contributed by atoms with Crippen LogP contribution < -0.4 is 4.72 Å². The molecule has 0 saturated carbocycles. The lowest BCUT2D eigenvalue weighted by atomic mass is 9.94. The zero-order valence-electron chi connectivity index (χ0n) is 18.5. The Morgan fingerprint density at radius 3 is 2.29 bits per heavy atom. The van der Waals surface area contributed by atoms with Gasteiger partial charge in [0.25, 0.3) is 11.8 Å². The highest BCUT2D eigenvalue weighted by Crippen LogP contribution is 2.40. The topological polar surface area (TPSA) is 86.7 Å². The third-order valence-corrected chi connectivity index (χ3v) is 6.47. The van der Waals surface area contributed by atoms with Crippen molar-refractivity contribution in [3.8, 4) is 11.1 Å². The van der Waals surface area contributed by atoms with Gasteiger partial charge in [-0.1, -0.05) is 48.5 Å². The summed E-state index contributed by atoms with van der Waals surface area (Å²) in [5.74, 6) is -6.99. The second-order valence-corrected chi connectivity index (χ2v) is 10.3. The van der Waals surface area contributed by atoms with Crippen molar-refractivity contribution in [3.05, 3.63) is 59.9 Å². The van der Waals surface area contributed by atoms with Crippen LogP contribution in [0.5, 0.6) is 0 Å². The highest BCUT2D eigenvalue weighted by Gasteiger charge is 2.63. The highest BCUT2D eigenvalue weighted by atomic mass is 32.2. The number of aliphatic hydroxyl groups is 1. The lowest BCUT2D eigenvalue weighted by Crippen LogP contribution is -2.59. The summed E-state index contributed by atoms with van der Waals surface area (Å²) in [6, 6.07) is 7.78. The van der Waals surface area contributed by atoms with Crippen LogP contribution in [0.25, 0.3) is 11.1 Å². The van der Waals surface area contributed by atoms with Crippen LogP contribution in [-0.4, -0.2) is 66.9 Å². The maximum absolute atomic E-state index is 15.4. The maximum atomic E-state index is 15.4. The molecule has 2 aromatic rings. The summed E-state index contributed by atoms with van der Waals surface area (Å²) >= 11 is 0. The van der Waals surface area contributed by atoms with Crippen molar-refractivity contribution in [2.24, 2.45) is 0 Å². The normalized spacial score (nSPS) is 22.1. The van der Waals surface area contributed by atoms with E-state index in [-0.39, 0.29) is 23.0 Å². The standard InChI is InChI=1S/C22H22F6N2O4S/c1-20(32,22(26,27)28)19(31)30-12-21(24,25)18(29-35(2,33)34)16(30)11-14-9-6-10-15(17(14)23)13-7-4-3-5-8-13/h3-10,16,18,29,32H,11-12H2,1-2H3/t16-,18+,20+/m0/s1. The summed E-state index contributed by atoms with van der Waals surface area (Å²) in [6.45, 7) is -1.51. The lowest BCUT2D eigenvalue weighted by Gasteiger charge is -2.34. The van der Waals surface area contributed by atoms with E-state index >= 15 is 4.39 Å². The third kappa shape index (κ3) is 5.46. The Hall–Kier alpha value is -2.64. The van der Waals surface area contributed by atoms with E-state index in [1.54, 1.807) is 35.1 Å². The molecule has 35 heavy (non-hydrogen) atoms. The van der Waals surface area contributed by atoms with Gasteiger partial charge < -0.3 is 10.0 Å². The first kappa shape index (κ1) is 27.0. The zero-order chi connectivity index (χ0) is 26.4. The molecule has 0 aliphatic carbocycles. The van der Waals surface area contributed by atoms with Crippen LogP contribution in [0.3, 0.4) is 0 Å². The smallest absolute Gasteiger partial charge is 0.373 e. The molecule has 1 amide bonds. The Balaban J connectivity index is 2.09. The van der Waals surface area contributed by atoms with Crippen LogP contribution in [0.4, 0.5) is 26.3 Å². The van der Waals surface area contributed by atoms with Crippen LogP contribution in [0.1, 0.15) is 12.5 Å². The van der Waals surface area contributed by atoms with Gasteiger partial charge in [0.05, 0.1) is 18.8 Å². The predicted octanol–water partition coefficient (Wildman–Crippen LogP) is 3.11. The van der Waals surface area contributed by atoms with E-state index in [2.05, 4.69) is 0 Å². The number of amides is 1. The van der Waals surface area contributed by atoms with Gasteiger partial charge in [-0.2, -0.15) is 13.2 Å². The number of carbonyl (C=O) groups is 1. The fraction of sp³-hybridized carbons (Fsp3) is 0.409. The van der Waals surface area contributed by atoms with Gasteiger partial charge in [-0.05, 0) is 24.5 Å². The Labute approximate surface area is 197 Å². The van der Waals surface area contributed by atoms with Crippen molar-refractivity contribution in [1.29, 1.82) is 0 Å². The van der Waals surface area contributed by atoms with Gasteiger partial charge in [0, 0.05) is 5.56 Å². The summed E-state index contributed by atoms with van der Waals surface area (Å²) in [4.78, 5) is 12.7. The molecule has 6 nitrogen and oxygen atoms in total. The molecule has 1 aliphatic heterocycles. The van der Waals surface area contributed by atoms with E-state index in [0.717, 1.165) is 0 Å². The fourth-order valence-electron chi connectivity index (χ4n) is 3.95. The van der Waals surface area contributed by atoms with Gasteiger partial charge in [0.2, 0.25) is 15.6 Å². The molecule has 0 aromatic heterocycles. The van der Waals surface area contributed by atoms with Crippen LogP contribution in [-0.2, 0) is 21.2 Å². The first-order valence-electron chi connectivity index (χ1n) is 10.2. The minimum absolute atomic E-state index is 0.0605. The quantitative estimate of drug-likeness (QED) is 0.569. The van der Waals surface area contributed by atoms with E-state index in [1.165, 1.54) is 18.2 Å². The lowest BCUT2D eigenvalue weighted by molar-refractivity contribution is -0.250. The number of hydrogen-bond donors (Lipinski definition) is 2. The van der Waals surface area contributed by atoms with Crippen LogP contribution >= 0.6 is 0 Å². The minimum atomic E-state index is -5.51. The van der Waals surface area contributed by atoms with Gasteiger partial charge in [0.15, 0.2) is 0 Å². The van der Waals surface area contributed by atoms with E-state index in [0.29, 0.717) is 11.8 Å². The Morgan fingerprint density at radius 2 is 1.74 bits per heavy atom. The second kappa shape index (κ2) is 9.10. The monoisotopic (exact) mass is 524 g/mol. The summed E-state index contributed by atoms with van der Waals surface area (Å²) in [5, 5.41) is 9.83. The van der Waals surface area contributed by atoms with Gasteiger partial charge in [-0.3, -0.25) is 4.79 Å². The van der Waals surface area contributed by atoms with Crippen molar-refractivity contribution in [1.82, 2.24) is 9.62 Å². The molecule has 0 bridgehead atoms. The fourth-order valence-corrected chi connectivity index (χ4v) is 4.75. The van der Waals surface area contributed by atoms with Crippen molar-refractivity contribution in [2.75, 3.05) is 12.8 Å². The number of nitrogens with zero attached hydrogens (tertiary/aromatic N) is 1. The SMILES string of the molecule is C[C@@](O)(C(=O)N1CC(F)(F)[C@H](NS(C)(=O)=O)[C@@H]1Cc1cccc(-c2ccccc2)c1F)C(F)(F)F. The summed E-state index contributed by atoms with van der Waals surface area (Å²) < 4.78 is 110. The molecule has 2 N–H and O–H groups in total. The number of nitrogens with one attached hydrogen (secondary N) is 1. The molecule has 1 heterocycles. The molecule has 3 rings (SSSR count). The Bertz CT molecular complexity index is 1200. The molecular formula is C22H22F6N2O4S. The van der Waals surface area contributed by atoms with E-state index in [4.69, 9.17) is 0 Å². The molecule has 2 aromatic carbocycles. The van der Waals surface area contributed by atoms with Crippen molar-refractivity contribution in [3.63, 3.8) is 0 Å². The highest BCUT2D eigenvalue weighted by molar-refractivity contribution is 7.88. The van der Waals surface area contributed by atoms with Crippen molar-refractivity contribution in [2.45, 2.75) is 43.1 Å². The molecule has 1 fully saturated rings. The number of alkyl halides is 5. The number of likely N-dealkylation sites (tertiary alicyclic amines) is 1. The van der Waals surface area contributed by atoms with Crippen molar-refractivity contribution >= 4 is 15.9 Å². The van der Waals surface area contributed by atoms with Crippen LogP contribution in [0, 0.1) is 5.82 Å². The van der Waals surface area contributed by atoms with Crippen LogP contribution in [0.15, 0.2) is 48.5 Å². The molecule has 1 saturated heterocycles. The molecule has 0 radical (unpaired) electrons. The summed E-state index contributed by atoms with van der Waals surface area (Å²) in [7, 11) is -4.32. The largest absolute Gasteiger partial charge is 0.426 e. The average Bonchev–Trinajstić information content (AvgIpc) is 2.97. The number of carbonyl (C=O) groups excluding carboxylic acids is 1. The van der Waals surface area contributed by atoms with E-state index in [1.807, 2.05) is 0 Å². The molecule has 192 valence electrons. The van der Waals surface area contributed by atoms with Gasteiger partial charge in [-0.15, -0.1) is 0 Å². The van der Waals surface area contributed by atoms with Crippen molar-refractivity contribution < 1.29 is 44.7 Å². The van der Waals surface area contributed by atoms with Crippen LogP contribution in [0.2, 0.25) is 0 Å². The van der Waals surface area contributed by atoms with Gasteiger partial charge in [0.1, 0.15) is 11.9 Å². The maximum Gasteiger partial charge on any atom is 0.426 e. The summed E-state index contributed by atoms with van der Waals surface area (Å²) in [5.41, 5.74) is -3.77. The number of rotatable bonds is 6. The van der Waals surface area contributed by atoms with Gasteiger partial charge in [-0.25, -0.2) is 26.3 Å². The second-order valence-electron chi connectivity index (χ2n) is 8.55. The molecule has 0 unspecified atom stereocenters. The van der Waals surface area contributed by atoms with E-state index < -0.39 is 64.5 Å². The zero-order valence-corrected chi connectivity index (χ0v) is 19.3. The third-order valence-electron chi connectivity index (χ3n) is 5.78. The number of benzene rings is 2. The Kier molecular flexibility index (Phi) is 7.01. The first-order chi connectivity index (χ1) is 16.0. The molecule has 0 spiro atoms. The molecule has 1 aliphatic rings. The minimum Gasteiger partial charge on any atom is -0.373 e. The Morgan fingerprint density at radius 1 is 1.14 bits per heavy atom. The summed E-state index contributed by atoms with van der Waals surface area (Å²) in [6.07, 6.45) is -5.70. The number of sulfonamides is 1. The molecule has 13 heteroatoms. The molecule has 3 atom stereocenters. The average molecular weight is 524 g/mol. The van der Waals surface area contributed by atoms with E-state index in [9.17, 15) is 40.3 Å². The predicted molar refractivity (Wildman–Crippen MR) is 114 cm³/mol. The first-order valence-corrected chi connectivity index (χ1v) is 12.1. The molecular weight excluding hydrogens is 502 g/mol. The number of hydrogen-bond acceptors (Lipinski definition) is 4.